The van der Waals surface area contributed by atoms with Crippen LogP contribution in [0.2, 0.25) is 0 Å². The summed E-state index contributed by atoms with van der Waals surface area (Å²) >= 11 is 0. The minimum atomic E-state index is 0.195. The number of hydrogen-bond donors (Lipinski definition) is 2. The lowest BCUT2D eigenvalue weighted by molar-refractivity contribution is 0.341. The number of nitrogen functional groups attached to an aromatic ring is 1. The molecule has 2 aromatic rings. The summed E-state index contributed by atoms with van der Waals surface area (Å²) in [6, 6.07) is 12.6. The monoisotopic (exact) mass is 229 g/mol. The van der Waals surface area contributed by atoms with E-state index in [1.807, 2.05) is 31.2 Å². The Labute approximate surface area is 100 Å². The van der Waals surface area contributed by atoms with Crippen molar-refractivity contribution in [1.82, 2.24) is 0 Å². The molecule has 2 aromatic carbocycles. The van der Waals surface area contributed by atoms with Gasteiger partial charge in [-0.05, 0) is 31.2 Å². The molecule has 0 aromatic heterocycles. The summed E-state index contributed by atoms with van der Waals surface area (Å²) in [5, 5.41) is 9.52. The second-order valence-electron chi connectivity index (χ2n) is 3.70. The molecular formula is C14H15NO2. The summed E-state index contributed by atoms with van der Waals surface area (Å²) in [5.41, 5.74) is 8.22. The summed E-state index contributed by atoms with van der Waals surface area (Å²) in [4.78, 5) is 0. The van der Waals surface area contributed by atoms with Gasteiger partial charge in [-0.3, -0.25) is 0 Å². The number of phenols is 1. The lowest BCUT2D eigenvalue weighted by Crippen LogP contribution is -1.96. The van der Waals surface area contributed by atoms with Crippen LogP contribution >= 0.6 is 0 Å². The number of nitrogens with two attached hydrogens (primary N) is 1. The van der Waals surface area contributed by atoms with Crippen molar-refractivity contribution >= 4 is 5.69 Å². The summed E-state index contributed by atoms with van der Waals surface area (Å²) in [6.07, 6.45) is 0. The Morgan fingerprint density at radius 2 is 1.88 bits per heavy atom. The molecule has 0 atom stereocenters. The van der Waals surface area contributed by atoms with Gasteiger partial charge in [0.15, 0.2) is 0 Å². The average molecular weight is 229 g/mol. The third-order valence-corrected chi connectivity index (χ3v) is 2.51. The summed E-state index contributed by atoms with van der Waals surface area (Å²) in [6.45, 7) is 2.53. The molecule has 0 aliphatic carbocycles. The van der Waals surface area contributed by atoms with Crippen LogP contribution in [-0.4, -0.2) is 11.7 Å². The smallest absolute Gasteiger partial charge is 0.127 e. The largest absolute Gasteiger partial charge is 0.508 e. The number of benzene rings is 2. The number of aromatic hydroxyl groups is 1. The molecule has 0 saturated carbocycles. The van der Waals surface area contributed by atoms with Crippen molar-refractivity contribution in [3.63, 3.8) is 0 Å². The van der Waals surface area contributed by atoms with Gasteiger partial charge >= 0.3 is 0 Å². The first-order valence-electron chi connectivity index (χ1n) is 5.53. The van der Waals surface area contributed by atoms with Gasteiger partial charge in [-0.2, -0.15) is 0 Å². The molecule has 0 aliphatic rings. The second-order valence-corrected chi connectivity index (χ2v) is 3.70. The Bertz CT molecular complexity index is 523. The number of ether oxygens (including phenoxy) is 1. The first-order chi connectivity index (χ1) is 8.22. The molecule has 3 N–H and O–H groups in total. The summed E-state index contributed by atoms with van der Waals surface area (Å²) in [5.74, 6) is 0.966. The van der Waals surface area contributed by atoms with Gasteiger partial charge in [0.2, 0.25) is 0 Å². The Morgan fingerprint density at radius 3 is 2.65 bits per heavy atom. The molecule has 0 radical (unpaired) electrons. The maximum Gasteiger partial charge on any atom is 0.127 e. The average Bonchev–Trinajstić information content (AvgIpc) is 2.34. The molecule has 2 rings (SSSR count). The highest BCUT2D eigenvalue weighted by Gasteiger charge is 2.09. The first-order valence-corrected chi connectivity index (χ1v) is 5.53. The second kappa shape index (κ2) is 4.78. The van der Waals surface area contributed by atoms with Crippen molar-refractivity contribution in [2.45, 2.75) is 6.92 Å². The summed E-state index contributed by atoms with van der Waals surface area (Å²) < 4.78 is 5.55. The number of hydrogen-bond acceptors (Lipinski definition) is 3. The fourth-order valence-corrected chi connectivity index (χ4v) is 1.75. The molecule has 0 aliphatic heterocycles. The third-order valence-electron chi connectivity index (χ3n) is 2.51. The highest BCUT2D eigenvalue weighted by Crippen LogP contribution is 2.35. The lowest BCUT2D eigenvalue weighted by Gasteiger charge is -2.12. The predicted molar refractivity (Wildman–Crippen MR) is 69.1 cm³/mol. The molecule has 17 heavy (non-hydrogen) atoms. The number of para-hydroxylation sites is 1. The fraction of sp³-hybridized carbons (Fsp3) is 0.143. The SMILES string of the molecule is CCOc1ccccc1-c1cc(O)ccc1N. The van der Waals surface area contributed by atoms with Crippen LogP contribution in [0.1, 0.15) is 6.92 Å². The van der Waals surface area contributed by atoms with Crippen LogP contribution in [0.5, 0.6) is 11.5 Å². The van der Waals surface area contributed by atoms with Crippen LogP contribution in [0.4, 0.5) is 5.69 Å². The van der Waals surface area contributed by atoms with Gasteiger partial charge in [-0.1, -0.05) is 18.2 Å². The quantitative estimate of drug-likeness (QED) is 0.628. The molecule has 0 bridgehead atoms. The predicted octanol–water partition coefficient (Wildman–Crippen LogP) is 3.04. The van der Waals surface area contributed by atoms with Crippen LogP contribution in [0, 0.1) is 0 Å². The van der Waals surface area contributed by atoms with Crippen molar-refractivity contribution < 1.29 is 9.84 Å². The minimum absolute atomic E-state index is 0.195. The van der Waals surface area contributed by atoms with E-state index in [0.717, 1.165) is 16.9 Å². The van der Waals surface area contributed by atoms with E-state index in [9.17, 15) is 5.11 Å². The molecule has 0 unspecified atom stereocenters. The van der Waals surface area contributed by atoms with Crippen LogP contribution < -0.4 is 10.5 Å². The topological polar surface area (TPSA) is 55.5 Å². The zero-order valence-electron chi connectivity index (χ0n) is 9.68. The van der Waals surface area contributed by atoms with Gasteiger partial charge in [0.1, 0.15) is 11.5 Å². The molecule has 0 saturated heterocycles. The molecule has 0 heterocycles. The van der Waals surface area contributed by atoms with E-state index in [0.29, 0.717) is 12.3 Å². The van der Waals surface area contributed by atoms with Crippen molar-refractivity contribution in [2.24, 2.45) is 0 Å². The van der Waals surface area contributed by atoms with Gasteiger partial charge in [0.25, 0.3) is 0 Å². The Hall–Kier alpha value is -2.16. The van der Waals surface area contributed by atoms with Crippen molar-refractivity contribution in [3.8, 4) is 22.6 Å². The molecule has 0 fully saturated rings. The van der Waals surface area contributed by atoms with Gasteiger partial charge in [-0.15, -0.1) is 0 Å². The molecule has 88 valence electrons. The summed E-state index contributed by atoms with van der Waals surface area (Å²) in [7, 11) is 0. The minimum Gasteiger partial charge on any atom is -0.508 e. The fourth-order valence-electron chi connectivity index (χ4n) is 1.75. The van der Waals surface area contributed by atoms with E-state index in [1.165, 1.54) is 0 Å². The van der Waals surface area contributed by atoms with Crippen molar-refractivity contribution in [3.05, 3.63) is 42.5 Å². The van der Waals surface area contributed by atoms with E-state index in [2.05, 4.69) is 0 Å². The molecule has 0 amide bonds. The Balaban J connectivity index is 2.55. The van der Waals surface area contributed by atoms with Crippen molar-refractivity contribution in [2.75, 3.05) is 12.3 Å². The van der Waals surface area contributed by atoms with E-state index in [4.69, 9.17) is 10.5 Å². The number of anilines is 1. The van der Waals surface area contributed by atoms with Crippen LogP contribution in [0.15, 0.2) is 42.5 Å². The molecule has 0 spiro atoms. The maximum absolute atomic E-state index is 9.52. The van der Waals surface area contributed by atoms with Gasteiger partial charge in [0.05, 0.1) is 6.61 Å². The molecule has 3 heteroatoms. The normalized spacial score (nSPS) is 10.2. The number of phenolic OH excluding ortho intramolecular Hbond substituents is 1. The van der Waals surface area contributed by atoms with E-state index in [-0.39, 0.29) is 5.75 Å². The van der Waals surface area contributed by atoms with Crippen molar-refractivity contribution in [1.29, 1.82) is 0 Å². The van der Waals surface area contributed by atoms with E-state index in [1.54, 1.807) is 18.2 Å². The van der Waals surface area contributed by atoms with Gasteiger partial charge in [-0.25, -0.2) is 0 Å². The zero-order chi connectivity index (χ0) is 12.3. The van der Waals surface area contributed by atoms with Crippen LogP contribution in [0.3, 0.4) is 0 Å². The van der Waals surface area contributed by atoms with E-state index >= 15 is 0 Å². The van der Waals surface area contributed by atoms with Crippen LogP contribution in [0.25, 0.3) is 11.1 Å². The molecular weight excluding hydrogens is 214 g/mol. The first kappa shape index (κ1) is 11.3. The van der Waals surface area contributed by atoms with Gasteiger partial charge in [0, 0.05) is 16.8 Å². The third kappa shape index (κ3) is 2.33. The standard InChI is InChI=1S/C14H15NO2/c1-2-17-14-6-4-3-5-11(14)12-9-10(16)7-8-13(12)15/h3-9,16H,2,15H2,1H3. The number of rotatable bonds is 3. The lowest BCUT2D eigenvalue weighted by atomic mass is 10.0. The Kier molecular flexibility index (Phi) is 3.19. The Morgan fingerprint density at radius 1 is 1.12 bits per heavy atom. The zero-order valence-corrected chi connectivity index (χ0v) is 9.68. The molecule has 3 nitrogen and oxygen atoms in total. The van der Waals surface area contributed by atoms with Crippen LogP contribution in [-0.2, 0) is 0 Å². The maximum atomic E-state index is 9.52. The highest BCUT2D eigenvalue weighted by atomic mass is 16.5. The van der Waals surface area contributed by atoms with E-state index < -0.39 is 0 Å². The highest BCUT2D eigenvalue weighted by molar-refractivity contribution is 5.81. The van der Waals surface area contributed by atoms with Gasteiger partial charge < -0.3 is 15.6 Å².